The van der Waals surface area contributed by atoms with Crippen molar-refractivity contribution in [2.75, 3.05) is 13.7 Å². The van der Waals surface area contributed by atoms with Gasteiger partial charge in [-0.25, -0.2) is 0 Å². The molecule has 0 aromatic heterocycles. The van der Waals surface area contributed by atoms with E-state index in [-0.39, 0.29) is 19.5 Å². The summed E-state index contributed by atoms with van der Waals surface area (Å²) in [4.78, 5) is 0. The minimum Gasteiger partial charge on any atom is -0.400 e. The molecule has 0 bridgehead atoms. The first kappa shape index (κ1) is 15.6. The zero-order chi connectivity index (χ0) is 5.41. The van der Waals surface area contributed by atoms with Gasteiger partial charge >= 0.3 is 0 Å². The molecule has 0 saturated carbocycles. The number of rotatable bonds is 1. The molecule has 42 valence electrons. The van der Waals surface area contributed by atoms with E-state index in [1.807, 2.05) is 6.92 Å². The van der Waals surface area contributed by atoms with Crippen LogP contribution in [-0.2, 0) is 19.5 Å². The van der Waals surface area contributed by atoms with Crippen molar-refractivity contribution in [2.24, 2.45) is 0 Å². The zero-order valence-electron chi connectivity index (χ0n) is 5.02. The molecule has 0 radical (unpaired) electrons. The van der Waals surface area contributed by atoms with Crippen LogP contribution in [0.15, 0.2) is 0 Å². The molecule has 3 heteroatoms. The monoisotopic (exact) mass is 156 g/mol. The van der Waals surface area contributed by atoms with Crippen LogP contribution in [0.1, 0.15) is 13.3 Å². The molecule has 0 atom stereocenters. The van der Waals surface area contributed by atoms with E-state index in [0.29, 0.717) is 6.61 Å². The Morgan fingerprint density at radius 1 is 1.29 bits per heavy atom. The molecule has 0 rings (SSSR count). The van der Waals surface area contributed by atoms with Gasteiger partial charge in [0.2, 0.25) is 0 Å². The van der Waals surface area contributed by atoms with Crippen LogP contribution < -0.4 is 0 Å². The summed E-state index contributed by atoms with van der Waals surface area (Å²) in [6.45, 7) is 2.25. The first-order valence-corrected chi connectivity index (χ1v) is 1.97. The number of aliphatic hydroxyl groups is 2. The maximum Gasteiger partial charge on any atom is 0.0428 e. The van der Waals surface area contributed by atoms with Crippen LogP contribution in [0.25, 0.3) is 0 Å². The second-order valence-electron chi connectivity index (χ2n) is 0.724. The molecule has 0 aliphatic rings. The van der Waals surface area contributed by atoms with Gasteiger partial charge in [-0.05, 0) is 6.42 Å². The molecule has 0 unspecified atom stereocenters. The van der Waals surface area contributed by atoms with Gasteiger partial charge < -0.3 is 10.2 Å². The molecule has 2 nitrogen and oxygen atoms in total. The SMILES string of the molecule is CCCO.CO.[Zn]. The third-order valence-corrected chi connectivity index (χ3v) is 0.224. The van der Waals surface area contributed by atoms with Crippen molar-refractivity contribution in [3.8, 4) is 0 Å². The van der Waals surface area contributed by atoms with E-state index < -0.39 is 0 Å². The molecule has 0 aliphatic carbocycles. The average Bonchev–Trinajstić information content (AvgIpc) is 1.72. The Hall–Kier alpha value is 0.543. The fraction of sp³-hybridized carbons (Fsp3) is 1.00. The second-order valence-corrected chi connectivity index (χ2v) is 0.724. The summed E-state index contributed by atoms with van der Waals surface area (Å²) in [5.74, 6) is 0. The van der Waals surface area contributed by atoms with Crippen molar-refractivity contribution in [1.82, 2.24) is 0 Å². The zero-order valence-corrected chi connectivity index (χ0v) is 7.98. The average molecular weight is 158 g/mol. The first-order valence-electron chi connectivity index (χ1n) is 1.97. The van der Waals surface area contributed by atoms with Crippen molar-refractivity contribution < 1.29 is 29.7 Å². The van der Waals surface area contributed by atoms with E-state index in [1.165, 1.54) is 0 Å². The number of aliphatic hydroxyl groups excluding tert-OH is 2. The van der Waals surface area contributed by atoms with Crippen molar-refractivity contribution >= 4 is 0 Å². The van der Waals surface area contributed by atoms with E-state index >= 15 is 0 Å². The Balaban J connectivity index is -0.0000000480. The van der Waals surface area contributed by atoms with E-state index in [9.17, 15) is 0 Å². The molecule has 0 amide bonds. The summed E-state index contributed by atoms with van der Waals surface area (Å²) >= 11 is 0. The summed E-state index contributed by atoms with van der Waals surface area (Å²) in [5.41, 5.74) is 0. The van der Waals surface area contributed by atoms with E-state index in [2.05, 4.69) is 0 Å². The van der Waals surface area contributed by atoms with E-state index in [0.717, 1.165) is 13.5 Å². The maximum absolute atomic E-state index is 7.88. The van der Waals surface area contributed by atoms with Crippen LogP contribution in [0.5, 0.6) is 0 Å². The summed E-state index contributed by atoms with van der Waals surface area (Å²) in [6.07, 6.45) is 0.875. The molecule has 2 N–H and O–H groups in total. The van der Waals surface area contributed by atoms with Crippen molar-refractivity contribution in [3.05, 3.63) is 0 Å². The smallest absolute Gasteiger partial charge is 0.0428 e. The molecular formula is C4H12O2Zn. The van der Waals surface area contributed by atoms with Crippen LogP contribution in [0.2, 0.25) is 0 Å². The summed E-state index contributed by atoms with van der Waals surface area (Å²) in [6, 6.07) is 0. The van der Waals surface area contributed by atoms with Gasteiger partial charge in [0.25, 0.3) is 0 Å². The van der Waals surface area contributed by atoms with Gasteiger partial charge in [0.1, 0.15) is 0 Å². The van der Waals surface area contributed by atoms with Gasteiger partial charge in [0.05, 0.1) is 0 Å². The Morgan fingerprint density at radius 2 is 1.43 bits per heavy atom. The van der Waals surface area contributed by atoms with Crippen LogP contribution in [0.4, 0.5) is 0 Å². The van der Waals surface area contributed by atoms with E-state index in [1.54, 1.807) is 0 Å². The van der Waals surface area contributed by atoms with Gasteiger partial charge in [0, 0.05) is 33.2 Å². The quantitative estimate of drug-likeness (QED) is 0.526. The summed E-state index contributed by atoms with van der Waals surface area (Å²) in [5, 5.41) is 14.9. The first-order chi connectivity index (χ1) is 2.91. The molecule has 0 aromatic rings. The van der Waals surface area contributed by atoms with Gasteiger partial charge in [-0.2, -0.15) is 0 Å². The number of hydrogen-bond donors (Lipinski definition) is 2. The number of hydrogen-bond acceptors (Lipinski definition) is 2. The molecular weight excluding hydrogens is 145 g/mol. The Bertz CT molecular complexity index is 11.7. The molecule has 0 aromatic carbocycles. The van der Waals surface area contributed by atoms with Crippen molar-refractivity contribution in [1.29, 1.82) is 0 Å². The van der Waals surface area contributed by atoms with Gasteiger partial charge in [-0.15, -0.1) is 0 Å². The standard InChI is InChI=1S/C3H8O.CH4O.Zn/c1-2-3-4;1-2;/h4H,2-3H2,1H3;2H,1H3;. The minimum absolute atomic E-state index is 0. The van der Waals surface area contributed by atoms with Crippen LogP contribution in [0.3, 0.4) is 0 Å². The molecule has 0 saturated heterocycles. The van der Waals surface area contributed by atoms with Crippen LogP contribution in [-0.4, -0.2) is 23.9 Å². The second kappa shape index (κ2) is 31.1. The van der Waals surface area contributed by atoms with Gasteiger partial charge in [-0.1, -0.05) is 6.92 Å². The minimum atomic E-state index is 0. The Kier molecular flexibility index (Phi) is 69.5. The Morgan fingerprint density at radius 3 is 1.43 bits per heavy atom. The third-order valence-electron chi connectivity index (χ3n) is 0.224. The predicted octanol–water partition coefficient (Wildman–Crippen LogP) is -0.00530. The fourth-order valence-electron chi connectivity index (χ4n) is 0. The molecule has 0 spiro atoms. The normalized spacial score (nSPS) is 5.14. The molecule has 0 fully saturated rings. The summed E-state index contributed by atoms with van der Waals surface area (Å²) < 4.78 is 0. The Labute approximate surface area is 57.3 Å². The van der Waals surface area contributed by atoms with E-state index in [4.69, 9.17) is 10.2 Å². The topological polar surface area (TPSA) is 40.5 Å². The molecule has 0 aliphatic heterocycles. The van der Waals surface area contributed by atoms with Crippen molar-refractivity contribution in [3.63, 3.8) is 0 Å². The van der Waals surface area contributed by atoms with Crippen molar-refractivity contribution in [2.45, 2.75) is 13.3 Å². The van der Waals surface area contributed by atoms with Gasteiger partial charge in [0.15, 0.2) is 0 Å². The fourth-order valence-corrected chi connectivity index (χ4v) is 0. The predicted molar refractivity (Wildman–Crippen MR) is 25.5 cm³/mol. The molecule has 7 heavy (non-hydrogen) atoms. The van der Waals surface area contributed by atoms with Gasteiger partial charge in [-0.3, -0.25) is 0 Å². The maximum atomic E-state index is 7.88. The largest absolute Gasteiger partial charge is 0.400 e. The summed E-state index contributed by atoms with van der Waals surface area (Å²) in [7, 11) is 1.00. The van der Waals surface area contributed by atoms with Crippen LogP contribution >= 0.6 is 0 Å². The van der Waals surface area contributed by atoms with Crippen LogP contribution in [0, 0.1) is 0 Å². The molecule has 0 heterocycles. The third kappa shape index (κ3) is 56.7.